The Bertz CT molecular complexity index is 1080. The van der Waals surface area contributed by atoms with E-state index in [2.05, 4.69) is 51.9 Å². The summed E-state index contributed by atoms with van der Waals surface area (Å²) in [5, 5.41) is 23.1. The number of fused-ring (bicyclic) bond motifs is 1. The van der Waals surface area contributed by atoms with Crippen molar-refractivity contribution in [1.29, 1.82) is 0 Å². The number of rotatable bonds is 5. The topological polar surface area (TPSA) is 136 Å². The second-order valence-electron chi connectivity index (χ2n) is 8.30. The second-order valence-corrected chi connectivity index (χ2v) is 8.30. The molecule has 0 spiro atoms. The quantitative estimate of drug-likeness (QED) is 0.510. The summed E-state index contributed by atoms with van der Waals surface area (Å²) in [4.78, 5) is 16.2. The van der Waals surface area contributed by atoms with Gasteiger partial charge in [0.05, 0.1) is 17.1 Å². The van der Waals surface area contributed by atoms with Gasteiger partial charge in [-0.3, -0.25) is 9.48 Å². The van der Waals surface area contributed by atoms with E-state index in [0.717, 1.165) is 35.2 Å². The lowest BCUT2D eigenvalue weighted by Crippen LogP contribution is -2.51. The van der Waals surface area contributed by atoms with Gasteiger partial charge in [-0.05, 0) is 45.4 Å². The van der Waals surface area contributed by atoms with E-state index in [1.54, 1.807) is 0 Å². The molecule has 0 radical (unpaired) electrons. The number of nitrogens with two attached hydrogens (primary N) is 1. The molecule has 29 heavy (non-hydrogen) atoms. The van der Waals surface area contributed by atoms with Gasteiger partial charge in [0.15, 0.2) is 11.5 Å². The molecule has 5 N–H and O–H groups in total. The van der Waals surface area contributed by atoms with Crippen molar-refractivity contribution in [2.45, 2.75) is 39.3 Å². The van der Waals surface area contributed by atoms with Crippen LogP contribution in [0.25, 0.3) is 10.9 Å². The van der Waals surface area contributed by atoms with E-state index in [9.17, 15) is 4.79 Å². The lowest BCUT2D eigenvalue weighted by molar-refractivity contribution is 0.0995. The number of nitrogens with one attached hydrogen (secondary N) is 3. The number of hydrogen-bond acceptors (Lipinski definition) is 8. The maximum atomic E-state index is 11.8. The van der Waals surface area contributed by atoms with Crippen LogP contribution in [0.5, 0.6) is 0 Å². The van der Waals surface area contributed by atoms with Crippen molar-refractivity contribution in [3.63, 3.8) is 0 Å². The Morgan fingerprint density at radius 1 is 1.28 bits per heavy atom. The summed E-state index contributed by atoms with van der Waals surface area (Å²) in [6.07, 6.45) is 2.01. The zero-order chi connectivity index (χ0) is 20.8. The second kappa shape index (κ2) is 6.96. The molecule has 0 aliphatic carbocycles. The highest BCUT2D eigenvalue weighted by molar-refractivity contribution is 5.96. The van der Waals surface area contributed by atoms with Crippen LogP contribution in [0, 0.1) is 6.92 Å². The average molecular weight is 395 g/mol. The minimum Gasteiger partial charge on any atom is -0.364 e. The first-order chi connectivity index (χ1) is 13.7. The van der Waals surface area contributed by atoms with Crippen LogP contribution in [-0.2, 0) is 5.54 Å². The molecular weight excluding hydrogens is 370 g/mol. The largest absolute Gasteiger partial charge is 0.364 e. The van der Waals surface area contributed by atoms with Crippen LogP contribution in [0.3, 0.4) is 0 Å². The summed E-state index contributed by atoms with van der Waals surface area (Å²) in [7, 11) is 0. The van der Waals surface area contributed by atoms with Gasteiger partial charge in [0.2, 0.25) is 5.95 Å². The lowest BCUT2D eigenvalue weighted by atomic mass is 10.1. The van der Waals surface area contributed by atoms with Crippen molar-refractivity contribution in [3.05, 3.63) is 29.6 Å². The van der Waals surface area contributed by atoms with Gasteiger partial charge < -0.3 is 21.7 Å². The van der Waals surface area contributed by atoms with Gasteiger partial charge in [0.1, 0.15) is 0 Å². The molecule has 0 atom stereocenters. The third-order valence-electron chi connectivity index (χ3n) is 4.78. The van der Waals surface area contributed by atoms with Crippen LogP contribution in [0.1, 0.15) is 36.8 Å². The van der Waals surface area contributed by atoms with E-state index in [-0.39, 0.29) is 23.1 Å². The predicted molar refractivity (Wildman–Crippen MR) is 111 cm³/mol. The molecule has 1 amide bonds. The van der Waals surface area contributed by atoms with E-state index in [4.69, 9.17) is 10.8 Å². The van der Waals surface area contributed by atoms with Crippen molar-refractivity contribution in [3.8, 4) is 0 Å². The summed E-state index contributed by atoms with van der Waals surface area (Å²) in [5.41, 5.74) is 8.04. The molecular formula is C19H25N9O. The highest BCUT2D eigenvalue weighted by Crippen LogP contribution is 2.27. The maximum Gasteiger partial charge on any atom is 0.273 e. The van der Waals surface area contributed by atoms with E-state index in [1.165, 1.54) is 0 Å². The molecule has 0 unspecified atom stereocenters. The number of aromatic nitrogens is 5. The maximum absolute atomic E-state index is 11.8. The first-order valence-corrected chi connectivity index (χ1v) is 9.50. The number of benzene rings is 1. The van der Waals surface area contributed by atoms with Gasteiger partial charge in [0, 0.05) is 30.4 Å². The number of carbonyl (C=O) groups is 1. The molecule has 1 aliphatic rings. The molecule has 152 valence electrons. The number of hydrogen-bond donors (Lipinski definition) is 4. The Labute approximate surface area is 168 Å². The summed E-state index contributed by atoms with van der Waals surface area (Å²) < 4.78 is 1.95. The van der Waals surface area contributed by atoms with Crippen LogP contribution in [0.2, 0.25) is 0 Å². The zero-order valence-electron chi connectivity index (χ0n) is 16.9. The first-order valence-electron chi connectivity index (χ1n) is 9.50. The van der Waals surface area contributed by atoms with Gasteiger partial charge in [0.25, 0.3) is 5.91 Å². The van der Waals surface area contributed by atoms with Crippen molar-refractivity contribution in [1.82, 2.24) is 30.3 Å². The monoisotopic (exact) mass is 395 g/mol. The Balaban J connectivity index is 1.69. The van der Waals surface area contributed by atoms with Gasteiger partial charge in [-0.2, -0.15) is 10.1 Å². The van der Waals surface area contributed by atoms with E-state index in [0.29, 0.717) is 5.95 Å². The van der Waals surface area contributed by atoms with Crippen molar-refractivity contribution < 1.29 is 4.79 Å². The first kappa shape index (κ1) is 19.1. The lowest BCUT2D eigenvalue weighted by Gasteiger charge is -2.27. The molecule has 3 heterocycles. The number of amides is 1. The van der Waals surface area contributed by atoms with E-state index < -0.39 is 5.91 Å². The van der Waals surface area contributed by atoms with Crippen LogP contribution in [0.4, 0.5) is 17.5 Å². The highest BCUT2D eigenvalue weighted by atomic mass is 16.1. The highest BCUT2D eigenvalue weighted by Gasteiger charge is 2.21. The van der Waals surface area contributed by atoms with Gasteiger partial charge in [-0.1, -0.05) is 0 Å². The van der Waals surface area contributed by atoms with Crippen molar-refractivity contribution in [2.24, 2.45) is 5.73 Å². The molecule has 0 saturated carbocycles. The molecule has 1 aromatic carbocycles. The van der Waals surface area contributed by atoms with Gasteiger partial charge in [-0.25, -0.2) is 0 Å². The van der Waals surface area contributed by atoms with Crippen LogP contribution in [0.15, 0.2) is 18.3 Å². The van der Waals surface area contributed by atoms with Crippen molar-refractivity contribution >= 4 is 34.3 Å². The molecule has 10 nitrogen and oxygen atoms in total. The average Bonchev–Trinajstić information content (AvgIpc) is 3.03. The molecule has 0 bridgehead atoms. The van der Waals surface area contributed by atoms with Gasteiger partial charge >= 0.3 is 0 Å². The fraction of sp³-hybridized carbons (Fsp3) is 0.421. The number of nitrogens with zero attached hydrogens (tertiary/aromatic N) is 5. The third kappa shape index (κ3) is 3.83. The fourth-order valence-corrected chi connectivity index (χ4v) is 3.08. The Hall–Kier alpha value is -3.27. The van der Waals surface area contributed by atoms with Crippen LogP contribution in [-0.4, -0.2) is 50.0 Å². The molecule has 10 heteroatoms. The number of primary amides is 1. The smallest absolute Gasteiger partial charge is 0.273 e. The summed E-state index contributed by atoms with van der Waals surface area (Å²) in [5.74, 6) is -0.0747. The van der Waals surface area contributed by atoms with E-state index >= 15 is 0 Å². The standard InChI is InChI=1S/C19H25N9O/c1-10-5-12(6-11-9-28(19(2,3)4)27-14(10)11)22-17-15(16(20)29)25-26-18(24-17)23-13-7-21-8-13/h5-6,9,13,21H,7-8H2,1-4H3,(H2,20,29)(H2,22,23,24,26). The SMILES string of the molecule is Cc1cc(Nc2nc(NC3CNC3)nnc2C(N)=O)cc2cn(C(C)(C)C)nc12. The van der Waals surface area contributed by atoms with Gasteiger partial charge in [-0.15, -0.1) is 10.2 Å². The summed E-state index contributed by atoms with van der Waals surface area (Å²) in [6, 6.07) is 4.16. The van der Waals surface area contributed by atoms with Crippen LogP contribution >= 0.6 is 0 Å². The van der Waals surface area contributed by atoms with Crippen molar-refractivity contribution in [2.75, 3.05) is 23.7 Å². The molecule has 1 aliphatic heterocycles. The summed E-state index contributed by atoms with van der Waals surface area (Å²) in [6.45, 7) is 9.97. The Kier molecular flexibility index (Phi) is 4.58. The molecule has 4 rings (SSSR count). The summed E-state index contributed by atoms with van der Waals surface area (Å²) >= 11 is 0. The Morgan fingerprint density at radius 2 is 2.03 bits per heavy atom. The predicted octanol–water partition coefficient (Wildman–Crippen LogP) is 1.51. The number of carbonyl (C=O) groups excluding carboxylic acids is 1. The minimum absolute atomic E-state index is 0.00887. The molecule has 3 aromatic rings. The fourth-order valence-electron chi connectivity index (χ4n) is 3.08. The van der Waals surface area contributed by atoms with E-state index in [1.807, 2.05) is 29.9 Å². The Morgan fingerprint density at radius 3 is 2.66 bits per heavy atom. The third-order valence-corrected chi connectivity index (χ3v) is 4.78. The number of anilines is 3. The molecule has 1 saturated heterocycles. The normalized spacial score (nSPS) is 14.6. The zero-order valence-corrected chi connectivity index (χ0v) is 16.9. The minimum atomic E-state index is -0.692. The molecule has 2 aromatic heterocycles. The van der Waals surface area contributed by atoms with Crippen LogP contribution < -0.4 is 21.7 Å². The molecule has 1 fully saturated rings. The number of aryl methyl sites for hydroxylation is 1.